The number of aromatic nitrogens is 2. The van der Waals surface area contributed by atoms with Gasteiger partial charge in [0.25, 0.3) is 0 Å². The molecule has 0 aromatic carbocycles. The number of nitrogens with one attached hydrogen (secondary N) is 1. The number of hydrogen-bond donors (Lipinski definition) is 2. The summed E-state index contributed by atoms with van der Waals surface area (Å²) in [5.74, 6) is 0.782. The highest BCUT2D eigenvalue weighted by Gasteiger charge is 2.31. The third kappa shape index (κ3) is 1.69. The van der Waals surface area contributed by atoms with Crippen LogP contribution in [0.25, 0.3) is 0 Å². The first-order valence-electron chi connectivity index (χ1n) is 5.12. The maximum Gasteiger partial charge on any atom is 0.407 e. The van der Waals surface area contributed by atoms with E-state index in [1.54, 1.807) is 0 Å². The van der Waals surface area contributed by atoms with Gasteiger partial charge in [-0.05, 0) is 26.7 Å². The number of H-pyrrole nitrogens is 1. The molecule has 1 unspecified atom stereocenters. The van der Waals surface area contributed by atoms with E-state index in [1.807, 2.05) is 13.8 Å². The van der Waals surface area contributed by atoms with E-state index in [-0.39, 0.29) is 6.04 Å². The number of imidazole rings is 1. The summed E-state index contributed by atoms with van der Waals surface area (Å²) in [6.45, 7) is 4.49. The topological polar surface area (TPSA) is 69.2 Å². The quantitative estimate of drug-likeness (QED) is 0.741. The van der Waals surface area contributed by atoms with Crippen molar-refractivity contribution < 1.29 is 9.90 Å². The predicted molar refractivity (Wildman–Crippen MR) is 54.8 cm³/mol. The Labute approximate surface area is 88.1 Å². The van der Waals surface area contributed by atoms with E-state index in [0.717, 1.165) is 30.1 Å². The highest BCUT2D eigenvalue weighted by molar-refractivity contribution is 5.66. The molecule has 2 rings (SSSR count). The Bertz CT molecular complexity index is 367. The predicted octanol–water partition coefficient (Wildman–Crippen LogP) is 1.84. The maximum atomic E-state index is 11.0. The van der Waals surface area contributed by atoms with Crippen LogP contribution in [0, 0.1) is 13.8 Å². The first-order chi connectivity index (χ1) is 7.09. The molecule has 1 aliphatic rings. The molecule has 0 spiro atoms. The molecule has 1 fully saturated rings. The molecule has 0 saturated carbocycles. The molecule has 1 aromatic heterocycles. The highest BCUT2D eigenvalue weighted by atomic mass is 16.4. The van der Waals surface area contributed by atoms with E-state index < -0.39 is 6.09 Å². The second-order valence-corrected chi connectivity index (χ2v) is 3.97. The van der Waals surface area contributed by atoms with Gasteiger partial charge in [0.05, 0.1) is 11.7 Å². The highest BCUT2D eigenvalue weighted by Crippen LogP contribution is 2.30. The van der Waals surface area contributed by atoms with Crippen LogP contribution in [0.15, 0.2) is 0 Å². The summed E-state index contributed by atoms with van der Waals surface area (Å²) in [4.78, 5) is 19.9. The molecular weight excluding hydrogens is 194 g/mol. The Morgan fingerprint density at radius 3 is 2.87 bits per heavy atom. The molecule has 1 aliphatic heterocycles. The maximum absolute atomic E-state index is 11.0. The monoisotopic (exact) mass is 209 g/mol. The van der Waals surface area contributed by atoms with Crippen molar-refractivity contribution in [2.45, 2.75) is 32.7 Å². The van der Waals surface area contributed by atoms with Crippen LogP contribution >= 0.6 is 0 Å². The molecule has 1 atom stereocenters. The lowest BCUT2D eigenvalue weighted by Gasteiger charge is -2.19. The van der Waals surface area contributed by atoms with E-state index in [4.69, 9.17) is 5.11 Å². The minimum atomic E-state index is -0.857. The molecule has 2 N–H and O–H groups in total. The van der Waals surface area contributed by atoms with Gasteiger partial charge in [-0.1, -0.05) is 0 Å². The molecule has 1 amide bonds. The summed E-state index contributed by atoms with van der Waals surface area (Å²) in [6.07, 6.45) is 0.915. The Morgan fingerprint density at radius 2 is 2.33 bits per heavy atom. The van der Waals surface area contributed by atoms with Crippen molar-refractivity contribution in [1.82, 2.24) is 14.9 Å². The van der Waals surface area contributed by atoms with Crippen LogP contribution in [0.2, 0.25) is 0 Å². The van der Waals surface area contributed by atoms with Gasteiger partial charge in [0.1, 0.15) is 5.82 Å². The lowest BCUT2D eigenvalue weighted by Crippen LogP contribution is -2.29. The number of likely N-dealkylation sites (tertiary alicyclic amines) is 1. The van der Waals surface area contributed by atoms with Gasteiger partial charge in [0, 0.05) is 12.2 Å². The number of carbonyl (C=O) groups is 1. The third-order valence-corrected chi connectivity index (χ3v) is 2.96. The van der Waals surface area contributed by atoms with Crippen molar-refractivity contribution in [3.05, 3.63) is 17.2 Å². The first-order valence-corrected chi connectivity index (χ1v) is 5.12. The first kappa shape index (κ1) is 10.0. The zero-order valence-electron chi connectivity index (χ0n) is 8.95. The summed E-state index contributed by atoms with van der Waals surface area (Å²) in [6, 6.07) is -0.0881. The molecule has 1 saturated heterocycles. The van der Waals surface area contributed by atoms with Gasteiger partial charge in [0.15, 0.2) is 0 Å². The molecule has 0 aliphatic carbocycles. The Kier molecular flexibility index (Phi) is 2.38. The smallest absolute Gasteiger partial charge is 0.407 e. The zero-order valence-corrected chi connectivity index (χ0v) is 8.95. The number of rotatable bonds is 1. The minimum absolute atomic E-state index is 0.0881. The van der Waals surface area contributed by atoms with E-state index in [0.29, 0.717) is 6.54 Å². The van der Waals surface area contributed by atoms with Gasteiger partial charge >= 0.3 is 6.09 Å². The molecule has 15 heavy (non-hydrogen) atoms. The van der Waals surface area contributed by atoms with Crippen molar-refractivity contribution in [2.75, 3.05) is 6.54 Å². The third-order valence-electron chi connectivity index (χ3n) is 2.96. The van der Waals surface area contributed by atoms with Crippen LogP contribution < -0.4 is 0 Å². The molecule has 0 bridgehead atoms. The standard InChI is InChI=1S/C10H15N3O2/c1-6-7(2)12-9(11-6)8-4-3-5-13(8)10(14)15/h8H,3-5H2,1-2H3,(H,11,12)(H,14,15). The fraction of sp³-hybridized carbons (Fsp3) is 0.600. The van der Waals surface area contributed by atoms with Crippen molar-refractivity contribution in [3.63, 3.8) is 0 Å². The Hall–Kier alpha value is -1.52. The van der Waals surface area contributed by atoms with Crippen LogP contribution in [0.4, 0.5) is 4.79 Å². The Balaban J connectivity index is 2.26. The van der Waals surface area contributed by atoms with Gasteiger partial charge in [-0.3, -0.25) is 4.90 Å². The van der Waals surface area contributed by atoms with Crippen LogP contribution in [0.5, 0.6) is 0 Å². The van der Waals surface area contributed by atoms with Gasteiger partial charge < -0.3 is 10.1 Å². The van der Waals surface area contributed by atoms with E-state index >= 15 is 0 Å². The molecular formula is C10H15N3O2. The van der Waals surface area contributed by atoms with Gasteiger partial charge in [-0.2, -0.15) is 0 Å². The van der Waals surface area contributed by atoms with Crippen molar-refractivity contribution >= 4 is 6.09 Å². The lowest BCUT2D eigenvalue weighted by atomic mass is 10.2. The summed E-state index contributed by atoms with van der Waals surface area (Å²) in [5, 5.41) is 9.01. The van der Waals surface area contributed by atoms with Crippen LogP contribution in [0.1, 0.15) is 36.1 Å². The van der Waals surface area contributed by atoms with Crippen molar-refractivity contribution in [1.29, 1.82) is 0 Å². The minimum Gasteiger partial charge on any atom is -0.465 e. The van der Waals surface area contributed by atoms with Crippen LogP contribution in [-0.2, 0) is 0 Å². The number of hydrogen-bond acceptors (Lipinski definition) is 2. The normalized spacial score (nSPS) is 20.9. The SMILES string of the molecule is Cc1nc(C2CCCN2C(=O)O)[nH]c1C. The number of nitrogens with zero attached hydrogens (tertiary/aromatic N) is 2. The molecule has 5 heteroatoms. The van der Waals surface area contributed by atoms with E-state index in [2.05, 4.69) is 9.97 Å². The molecule has 2 heterocycles. The zero-order chi connectivity index (χ0) is 11.0. The van der Waals surface area contributed by atoms with Crippen molar-refractivity contribution in [2.24, 2.45) is 0 Å². The second-order valence-electron chi connectivity index (χ2n) is 3.97. The van der Waals surface area contributed by atoms with Crippen molar-refractivity contribution in [3.8, 4) is 0 Å². The Morgan fingerprint density at radius 1 is 1.60 bits per heavy atom. The lowest BCUT2D eigenvalue weighted by molar-refractivity contribution is 0.138. The van der Waals surface area contributed by atoms with Gasteiger partial charge in [0.2, 0.25) is 0 Å². The largest absolute Gasteiger partial charge is 0.465 e. The van der Waals surface area contributed by atoms with Gasteiger partial charge in [-0.25, -0.2) is 9.78 Å². The summed E-state index contributed by atoms with van der Waals surface area (Å²) in [5.41, 5.74) is 1.96. The average molecular weight is 209 g/mol. The van der Waals surface area contributed by atoms with Crippen LogP contribution in [0.3, 0.4) is 0 Å². The summed E-state index contributed by atoms with van der Waals surface area (Å²) in [7, 11) is 0. The second kappa shape index (κ2) is 3.56. The van der Waals surface area contributed by atoms with Gasteiger partial charge in [-0.15, -0.1) is 0 Å². The van der Waals surface area contributed by atoms with Crippen LogP contribution in [-0.4, -0.2) is 32.6 Å². The van der Waals surface area contributed by atoms with E-state index in [1.165, 1.54) is 4.90 Å². The number of aromatic amines is 1. The van der Waals surface area contributed by atoms with E-state index in [9.17, 15) is 4.79 Å². The summed E-state index contributed by atoms with van der Waals surface area (Å²) >= 11 is 0. The average Bonchev–Trinajstić information content (AvgIpc) is 2.73. The fourth-order valence-corrected chi connectivity index (χ4v) is 2.01. The summed E-state index contributed by atoms with van der Waals surface area (Å²) < 4.78 is 0. The molecule has 82 valence electrons. The number of aryl methyl sites for hydroxylation is 2. The number of amides is 1. The molecule has 5 nitrogen and oxygen atoms in total. The fourth-order valence-electron chi connectivity index (χ4n) is 2.01. The number of carboxylic acid groups (broad SMARTS) is 1. The molecule has 0 radical (unpaired) electrons. The molecule has 1 aromatic rings.